The predicted molar refractivity (Wildman–Crippen MR) is 68.4 cm³/mol. The summed E-state index contributed by atoms with van der Waals surface area (Å²) in [6.07, 6.45) is 5.46. The monoisotopic (exact) mass is 251 g/mol. The lowest BCUT2D eigenvalue weighted by Gasteiger charge is -2.35. The van der Waals surface area contributed by atoms with Crippen LogP contribution in [0.5, 0.6) is 0 Å². The zero-order valence-corrected chi connectivity index (χ0v) is 10.4. The second kappa shape index (κ2) is 5.16. The maximum absolute atomic E-state index is 11.1. The average molecular weight is 251 g/mol. The molecule has 98 valence electrons. The van der Waals surface area contributed by atoms with Gasteiger partial charge in [0, 0.05) is 12.6 Å². The molecule has 18 heavy (non-hydrogen) atoms. The maximum atomic E-state index is 11.1. The first kappa shape index (κ1) is 12.5. The van der Waals surface area contributed by atoms with Crippen LogP contribution in [0.25, 0.3) is 0 Å². The third-order valence-corrected chi connectivity index (χ3v) is 3.38. The Balaban J connectivity index is 2.42. The first-order valence-corrected chi connectivity index (χ1v) is 6.16. The molecular weight excluding hydrogens is 234 g/mol. The Morgan fingerprint density at radius 3 is 3.00 bits per heavy atom. The van der Waals surface area contributed by atoms with E-state index >= 15 is 0 Å². The van der Waals surface area contributed by atoms with Crippen LogP contribution >= 0.6 is 0 Å². The zero-order valence-electron chi connectivity index (χ0n) is 10.4. The van der Waals surface area contributed by atoms with E-state index < -0.39 is 4.92 Å². The van der Waals surface area contributed by atoms with E-state index in [2.05, 4.69) is 16.9 Å². The highest BCUT2D eigenvalue weighted by molar-refractivity contribution is 5.68. The second-order valence-corrected chi connectivity index (χ2v) is 4.44. The lowest BCUT2D eigenvalue weighted by atomic mass is 10.00. The van der Waals surface area contributed by atoms with Crippen molar-refractivity contribution in [1.29, 1.82) is 0 Å². The van der Waals surface area contributed by atoms with Gasteiger partial charge in [-0.05, 0) is 25.7 Å². The van der Waals surface area contributed by atoms with Gasteiger partial charge in [-0.3, -0.25) is 10.1 Å². The van der Waals surface area contributed by atoms with E-state index in [9.17, 15) is 10.1 Å². The van der Waals surface area contributed by atoms with Gasteiger partial charge in [0.05, 0.1) is 4.92 Å². The van der Waals surface area contributed by atoms with Gasteiger partial charge in [-0.1, -0.05) is 6.92 Å². The van der Waals surface area contributed by atoms with Crippen LogP contribution in [0.3, 0.4) is 0 Å². The van der Waals surface area contributed by atoms with Gasteiger partial charge in [0.2, 0.25) is 11.6 Å². The van der Waals surface area contributed by atoms with Crippen LogP contribution in [0, 0.1) is 10.1 Å². The number of hydrogen-bond acceptors (Lipinski definition) is 6. The Labute approximate surface area is 105 Å². The fourth-order valence-corrected chi connectivity index (χ4v) is 2.47. The summed E-state index contributed by atoms with van der Waals surface area (Å²) in [5, 5.41) is 11.1. The van der Waals surface area contributed by atoms with Crippen LogP contribution in [-0.4, -0.2) is 27.5 Å². The molecule has 0 spiro atoms. The summed E-state index contributed by atoms with van der Waals surface area (Å²) in [4.78, 5) is 20.4. The van der Waals surface area contributed by atoms with Crippen molar-refractivity contribution in [1.82, 2.24) is 9.97 Å². The minimum atomic E-state index is -0.494. The molecule has 7 heteroatoms. The molecule has 1 saturated heterocycles. The Hall–Kier alpha value is -1.92. The molecule has 1 atom stereocenters. The Kier molecular flexibility index (Phi) is 3.59. The van der Waals surface area contributed by atoms with Gasteiger partial charge >= 0.3 is 5.69 Å². The molecule has 2 heterocycles. The highest BCUT2D eigenvalue weighted by Crippen LogP contribution is 2.34. The zero-order chi connectivity index (χ0) is 13.1. The lowest BCUT2D eigenvalue weighted by Crippen LogP contribution is -2.40. The van der Waals surface area contributed by atoms with Gasteiger partial charge < -0.3 is 10.6 Å². The molecular formula is C11H17N5O2. The van der Waals surface area contributed by atoms with Gasteiger partial charge in [-0.25, -0.2) is 9.97 Å². The standard InChI is InChI=1S/C11H17N5O2/c1-2-8-5-3-4-6-15(8)11-9(16(17)18)10(12)13-7-14-11/h7-8H,2-6H2,1H3,(H2,12,13,14). The first-order valence-electron chi connectivity index (χ1n) is 6.16. The maximum Gasteiger partial charge on any atom is 0.353 e. The fourth-order valence-electron chi connectivity index (χ4n) is 2.47. The molecule has 0 aliphatic carbocycles. The summed E-state index contributed by atoms with van der Waals surface area (Å²) in [6, 6.07) is 0.298. The summed E-state index contributed by atoms with van der Waals surface area (Å²) >= 11 is 0. The quantitative estimate of drug-likeness (QED) is 0.649. The minimum Gasteiger partial charge on any atom is -0.378 e. The smallest absolute Gasteiger partial charge is 0.353 e. The summed E-state index contributed by atoms with van der Waals surface area (Å²) in [7, 11) is 0. The average Bonchev–Trinajstić information content (AvgIpc) is 2.38. The third kappa shape index (κ3) is 2.20. The number of nitrogen functional groups attached to an aromatic ring is 1. The van der Waals surface area contributed by atoms with Crippen LogP contribution in [0.15, 0.2) is 6.33 Å². The lowest BCUT2D eigenvalue weighted by molar-refractivity contribution is -0.383. The minimum absolute atomic E-state index is 0.0644. The summed E-state index contributed by atoms with van der Waals surface area (Å²) in [5.41, 5.74) is 5.43. The number of aromatic nitrogens is 2. The molecule has 1 aromatic heterocycles. The highest BCUT2D eigenvalue weighted by atomic mass is 16.6. The molecule has 1 fully saturated rings. The van der Waals surface area contributed by atoms with Gasteiger partial charge in [0.15, 0.2) is 0 Å². The molecule has 0 radical (unpaired) electrons. The second-order valence-electron chi connectivity index (χ2n) is 4.44. The number of anilines is 2. The van der Waals surface area contributed by atoms with E-state index in [0.29, 0.717) is 11.9 Å². The van der Waals surface area contributed by atoms with Gasteiger partial charge in [-0.2, -0.15) is 0 Å². The third-order valence-electron chi connectivity index (χ3n) is 3.38. The fraction of sp³-hybridized carbons (Fsp3) is 0.636. The molecule has 7 nitrogen and oxygen atoms in total. The molecule has 0 saturated carbocycles. The molecule has 1 aliphatic heterocycles. The van der Waals surface area contributed by atoms with Crippen LogP contribution in [0.4, 0.5) is 17.3 Å². The van der Waals surface area contributed by atoms with Gasteiger partial charge in [0.1, 0.15) is 6.33 Å². The van der Waals surface area contributed by atoms with E-state index in [1.54, 1.807) is 0 Å². The molecule has 1 aromatic rings. The normalized spacial score (nSPS) is 19.8. The summed E-state index contributed by atoms with van der Waals surface area (Å²) < 4.78 is 0. The van der Waals surface area contributed by atoms with Crippen LogP contribution < -0.4 is 10.6 Å². The van der Waals surface area contributed by atoms with Crippen LogP contribution in [0.2, 0.25) is 0 Å². The molecule has 1 unspecified atom stereocenters. The van der Waals surface area contributed by atoms with E-state index in [-0.39, 0.29) is 11.5 Å². The number of nitro groups is 1. The van der Waals surface area contributed by atoms with Gasteiger partial charge in [0.25, 0.3) is 0 Å². The number of rotatable bonds is 3. The van der Waals surface area contributed by atoms with Crippen molar-refractivity contribution in [2.45, 2.75) is 38.6 Å². The van der Waals surface area contributed by atoms with Gasteiger partial charge in [-0.15, -0.1) is 0 Å². The highest BCUT2D eigenvalue weighted by Gasteiger charge is 2.30. The molecule has 2 rings (SSSR count). The van der Waals surface area contributed by atoms with Crippen molar-refractivity contribution < 1.29 is 4.92 Å². The predicted octanol–water partition coefficient (Wildman–Crippen LogP) is 1.74. The van der Waals surface area contributed by atoms with E-state index in [1.165, 1.54) is 6.33 Å². The summed E-state index contributed by atoms with van der Waals surface area (Å²) in [6.45, 7) is 2.87. The van der Waals surface area contributed by atoms with Crippen LogP contribution in [0.1, 0.15) is 32.6 Å². The topological polar surface area (TPSA) is 98.2 Å². The Morgan fingerprint density at radius 1 is 1.56 bits per heavy atom. The molecule has 0 amide bonds. The largest absolute Gasteiger partial charge is 0.378 e. The van der Waals surface area contributed by atoms with Crippen molar-refractivity contribution in [3.05, 3.63) is 16.4 Å². The van der Waals surface area contributed by atoms with E-state index in [0.717, 1.165) is 32.2 Å². The van der Waals surface area contributed by atoms with Crippen molar-refractivity contribution in [3.8, 4) is 0 Å². The molecule has 0 aromatic carbocycles. The first-order chi connectivity index (χ1) is 8.65. The van der Waals surface area contributed by atoms with E-state index in [4.69, 9.17) is 5.73 Å². The van der Waals surface area contributed by atoms with Crippen molar-refractivity contribution in [3.63, 3.8) is 0 Å². The van der Waals surface area contributed by atoms with Crippen LogP contribution in [-0.2, 0) is 0 Å². The molecule has 0 bridgehead atoms. The number of nitrogens with two attached hydrogens (primary N) is 1. The molecule has 2 N–H and O–H groups in total. The summed E-state index contributed by atoms with van der Waals surface area (Å²) in [5.74, 6) is 0.296. The Morgan fingerprint density at radius 2 is 2.33 bits per heavy atom. The van der Waals surface area contributed by atoms with E-state index in [1.807, 2.05) is 4.90 Å². The number of nitrogens with zero attached hydrogens (tertiary/aromatic N) is 4. The Bertz CT molecular complexity index is 451. The number of piperidine rings is 1. The SMILES string of the molecule is CCC1CCCCN1c1ncnc(N)c1[N+](=O)[O-]. The number of hydrogen-bond donors (Lipinski definition) is 1. The van der Waals surface area contributed by atoms with Crippen molar-refractivity contribution >= 4 is 17.3 Å². The molecule has 1 aliphatic rings. The van der Waals surface area contributed by atoms with Crippen molar-refractivity contribution in [2.24, 2.45) is 0 Å². The van der Waals surface area contributed by atoms with Crippen molar-refractivity contribution in [2.75, 3.05) is 17.2 Å².